The fraction of sp³-hybridized carbons (Fsp3) is 0.346. The van der Waals surface area contributed by atoms with Crippen LogP contribution in [0.4, 0.5) is 0 Å². The molecule has 1 saturated carbocycles. The second kappa shape index (κ2) is 11.4. The van der Waals surface area contributed by atoms with Crippen molar-refractivity contribution in [3.05, 3.63) is 75.3 Å². The monoisotopic (exact) mass is 516 g/mol. The highest BCUT2D eigenvalue weighted by atomic mass is 35.5. The minimum atomic E-state index is -0.316. The summed E-state index contributed by atoms with van der Waals surface area (Å²) in [7, 11) is 0. The number of hydrogen-bond donors (Lipinski definition) is 0. The van der Waals surface area contributed by atoms with E-state index >= 15 is 0 Å². The molecule has 0 spiro atoms. The first-order valence-electron chi connectivity index (χ1n) is 11.3. The van der Waals surface area contributed by atoms with Gasteiger partial charge in [0.15, 0.2) is 0 Å². The first-order chi connectivity index (χ1) is 16.5. The van der Waals surface area contributed by atoms with Crippen LogP contribution in [0.3, 0.4) is 0 Å². The van der Waals surface area contributed by atoms with Crippen LogP contribution in [-0.4, -0.2) is 40.7 Å². The number of carbonyl (C=O) groups excluding carboxylic acids is 2. The number of benzene rings is 2. The van der Waals surface area contributed by atoms with Crippen molar-refractivity contribution in [1.82, 2.24) is 5.01 Å². The van der Waals surface area contributed by atoms with Crippen LogP contribution in [0.5, 0.6) is 0 Å². The Kier molecular flexibility index (Phi) is 8.35. The molecule has 0 radical (unpaired) electrons. The van der Waals surface area contributed by atoms with E-state index in [4.69, 9.17) is 33.0 Å². The highest BCUT2D eigenvalue weighted by Gasteiger charge is 2.43. The largest absolute Gasteiger partial charge is 0.465 e. The maximum absolute atomic E-state index is 13.3. The number of hydrogen-bond acceptors (Lipinski definition) is 5. The van der Waals surface area contributed by atoms with Gasteiger partial charge >= 0.3 is 5.97 Å². The van der Waals surface area contributed by atoms with Crippen molar-refractivity contribution in [2.75, 3.05) is 18.1 Å². The van der Waals surface area contributed by atoms with Gasteiger partial charge in [0.25, 0.3) is 5.91 Å². The van der Waals surface area contributed by atoms with E-state index in [1.807, 2.05) is 48.5 Å². The van der Waals surface area contributed by atoms with E-state index in [1.54, 1.807) is 11.9 Å². The third-order valence-electron chi connectivity index (χ3n) is 5.93. The highest BCUT2D eigenvalue weighted by Crippen LogP contribution is 2.44. The number of allylic oxidation sites excluding steroid dienone is 1. The Hall–Kier alpha value is -2.28. The lowest BCUT2D eigenvalue weighted by Crippen LogP contribution is -2.33. The molecule has 1 amide bonds. The Bertz CT molecular complexity index is 1100. The number of esters is 1. The maximum Gasteiger partial charge on any atom is 0.315 e. The van der Waals surface area contributed by atoms with Gasteiger partial charge in [-0.25, -0.2) is 5.01 Å². The SMILES string of the molecule is CCOC(=O)CSCC(=O)N1N=C2C(=Cc3ccc(Cl)cc3)CCCC2C1c1ccc(Cl)cc1. The van der Waals surface area contributed by atoms with E-state index in [0.717, 1.165) is 41.7 Å². The topological polar surface area (TPSA) is 59.0 Å². The maximum atomic E-state index is 13.3. The summed E-state index contributed by atoms with van der Waals surface area (Å²) >= 11 is 13.4. The van der Waals surface area contributed by atoms with Gasteiger partial charge in [0.2, 0.25) is 0 Å². The van der Waals surface area contributed by atoms with Gasteiger partial charge in [-0.3, -0.25) is 9.59 Å². The fourth-order valence-corrected chi connectivity index (χ4v) is 5.36. The van der Waals surface area contributed by atoms with Crippen LogP contribution >= 0.6 is 35.0 Å². The van der Waals surface area contributed by atoms with Gasteiger partial charge in [-0.15, -0.1) is 11.8 Å². The zero-order valence-electron chi connectivity index (χ0n) is 18.9. The highest BCUT2D eigenvalue weighted by molar-refractivity contribution is 8.00. The van der Waals surface area contributed by atoms with E-state index in [-0.39, 0.29) is 35.3 Å². The van der Waals surface area contributed by atoms with Gasteiger partial charge in [0, 0.05) is 16.0 Å². The van der Waals surface area contributed by atoms with E-state index in [9.17, 15) is 9.59 Å². The van der Waals surface area contributed by atoms with Crippen molar-refractivity contribution >= 4 is 58.6 Å². The average Bonchev–Trinajstić information content (AvgIpc) is 3.22. The van der Waals surface area contributed by atoms with Crippen LogP contribution < -0.4 is 0 Å². The van der Waals surface area contributed by atoms with Gasteiger partial charge in [-0.05, 0) is 73.2 Å². The molecule has 2 unspecified atom stereocenters. The minimum absolute atomic E-state index is 0.104. The third kappa shape index (κ3) is 5.85. The summed E-state index contributed by atoms with van der Waals surface area (Å²) in [6.07, 6.45) is 5.02. The van der Waals surface area contributed by atoms with E-state index < -0.39 is 0 Å². The number of carbonyl (C=O) groups is 2. The lowest BCUT2D eigenvalue weighted by atomic mass is 9.77. The van der Waals surface area contributed by atoms with Crippen LogP contribution in [0.25, 0.3) is 6.08 Å². The fourth-order valence-electron chi connectivity index (χ4n) is 4.45. The van der Waals surface area contributed by atoms with Gasteiger partial charge in [0.05, 0.1) is 29.9 Å². The van der Waals surface area contributed by atoms with Crippen LogP contribution in [0.2, 0.25) is 10.0 Å². The number of halogens is 2. The second-order valence-electron chi connectivity index (χ2n) is 8.24. The molecule has 2 aromatic carbocycles. The number of fused-ring (bicyclic) bond motifs is 1. The molecular formula is C26H26Cl2N2O3S. The molecule has 1 fully saturated rings. The predicted molar refractivity (Wildman–Crippen MR) is 139 cm³/mol. The molecule has 1 aliphatic carbocycles. The molecule has 2 aromatic rings. The molecule has 4 rings (SSSR count). The molecule has 178 valence electrons. The lowest BCUT2D eigenvalue weighted by Gasteiger charge is -2.29. The molecule has 2 aliphatic rings. The summed E-state index contributed by atoms with van der Waals surface area (Å²) in [6, 6.07) is 15.1. The number of amides is 1. The molecule has 34 heavy (non-hydrogen) atoms. The Labute approximate surface area is 214 Å². The summed E-state index contributed by atoms with van der Waals surface area (Å²) in [5.41, 5.74) is 4.17. The normalized spacial score (nSPS) is 20.7. The predicted octanol–water partition coefficient (Wildman–Crippen LogP) is 6.41. The average molecular weight is 517 g/mol. The van der Waals surface area contributed by atoms with Gasteiger partial charge in [-0.1, -0.05) is 47.5 Å². The number of nitrogens with zero attached hydrogens (tertiary/aromatic N) is 2. The molecule has 0 N–H and O–H groups in total. The first kappa shape index (κ1) is 24.8. The molecule has 2 atom stereocenters. The summed E-state index contributed by atoms with van der Waals surface area (Å²) in [6.45, 7) is 2.10. The number of ether oxygens (including phenoxy) is 1. The molecular weight excluding hydrogens is 491 g/mol. The quantitative estimate of drug-likeness (QED) is 0.398. The Balaban J connectivity index is 1.61. The first-order valence-corrected chi connectivity index (χ1v) is 13.2. The summed E-state index contributed by atoms with van der Waals surface area (Å²) in [5, 5.41) is 7.82. The van der Waals surface area contributed by atoms with Gasteiger partial charge < -0.3 is 4.74 Å². The van der Waals surface area contributed by atoms with Crippen LogP contribution in [0, 0.1) is 5.92 Å². The van der Waals surface area contributed by atoms with Crippen molar-refractivity contribution in [2.24, 2.45) is 11.0 Å². The standard InChI is InChI=1S/C26H26Cl2N2O3S/c1-2-33-24(32)16-34-15-23(31)30-26(18-8-12-21(28)13-9-18)22-5-3-4-19(25(22)29-30)14-17-6-10-20(27)11-7-17/h6-14,22,26H,2-5,15-16H2,1H3. The number of thioether (sulfide) groups is 1. The number of hydrazone groups is 1. The molecule has 0 bridgehead atoms. The molecule has 1 aliphatic heterocycles. The smallest absolute Gasteiger partial charge is 0.315 e. The van der Waals surface area contributed by atoms with Gasteiger partial charge in [0.1, 0.15) is 0 Å². The minimum Gasteiger partial charge on any atom is -0.465 e. The van der Waals surface area contributed by atoms with Crippen molar-refractivity contribution in [3.63, 3.8) is 0 Å². The van der Waals surface area contributed by atoms with Crippen LogP contribution in [0.1, 0.15) is 43.4 Å². The van der Waals surface area contributed by atoms with Crippen LogP contribution in [-0.2, 0) is 14.3 Å². The Morgan fingerprint density at radius 1 is 1.09 bits per heavy atom. The van der Waals surface area contributed by atoms with Crippen molar-refractivity contribution in [2.45, 2.75) is 32.2 Å². The zero-order chi connectivity index (χ0) is 24.1. The Morgan fingerprint density at radius 2 is 1.76 bits per heavy atom. The van der Waals surface area contributed by atoms with Crippen molar-refractivity contribution < 1.29 is 14.3 Å². The lowest BCUT2D eigenvalue weighted by molar-refractivity contribution is -0.139. The molecule has 1 heterocycles. The van der Waals surface area contributed by atoms with E-state index in [1.165, 1.54) is 11.8 Å². The summed E-state index contributed by atoms with van der Waals surface area (Å²) in [4.78, 5) is 24.9. The van der Waals surface area contributed by atoms with Crippen LogP contribution in [0.15, 0.2) is 59.2 Å². The van der Waals surface area contributed by atoms with E-state index in [2.05, 4.69) is 6.08 Å². The zero-order valence-corrected chi connectivity index (χ0v) is 21.2. The molecule has 5 nitrogen and oxygen atoms in total. The van der Waals surface area contributed by atoms with Crippen molar-refractivity contribution in [1.29, 1.82) is 0 Å². The summed E-state index contributed by atoms with van der Waals surface area (Å²) < 4.78 is 4.97. The number of rotatable bonds is 7. The third-order valence-corrected chi connectivity index (χ3v) is 7.33. The molecule has 8 heteroatoms. The Morgan fingerprint density at radius 3 is 2.44 bits per heavy atom. The summed E-state index contributed by atoms with van der Waals surface area (Å²) in [5.74, 6) is -0.0396. The van der Waals surface area contributed by atoms with E-state index in [0.29, 0.717) is 16.7 Å². The van der Waals surface area contributed by atoms with Crippen molar-refractivity contribution in [3.8, 4) is 0 Å². The molecule has 0 aromatic heterocycles. The second-order valence-corrected chi connectivity index (χ2v) is 10.1. The van der Waals surface area contributed by atoms with Gasteiger partial charge in [-0.2, -0.15) is 5.10 Å². The molecule has 0 saturated heterocycles.